The van der Waals surface area contributed by atoms with E-state index in [1.54, 1.807) is 17.6 Å². The number of amides is 1. The number of hydrogen-bond acceptors (Lipinski definition) is 7. The number of thiazole rings is 1. The standard InChI is InChI=1S/C19H23N5O2S2/c1-2-24-17(14-9-7-11-26-14)22-23-19(24)27-12-16(25)21-18-20-13-8-5-3-4-6-10-15(13)28-18/h7,9,11H,2-6,8,10,12H2,1H3,(H,20,21,25). The van der Waals surface area contributed by atoms with Crippen LogP contribution in [-0.2, 0) is 24.2 Å². The van der Waals surface area contributed by atoms with Crippen LogP contribution in [0, 0.1) is 0 Å². The average Bonchev–Trinajstić information content (AvgIpc) is 3.39. The van der Waals surface area contributed by atoms with Crippen molar-refractivity contribution in [3.05, 3.63) is 29.0 Å². The van der Waals surface area contributed by atoms with Gasteiger partial charge in [0.25, 0.3) is 0 Å². The van der Waals surface area contributed by atoms with Gasteiger partial charge in [-0.15, -0.1) is 21.5 Å². The molecule has 3 aromatic rings. The van der Waals surface area contributed by atoms with Crippen molar-refractivity contribution >= 4 is 34.1 Å². The maximum Gasteiger partial charge on any atom is 0.236 e. The first-order chi connectivity index (χ1) is 13.7. The number of carbonyl (C=O) groups excluding carboxylic acids is 1. The first-order valence-electron chi connectivity index (χ1n) is 9.63. The molecule has 7 nitrogen and oxygen atoms in total. The second-order valence-corrected chi connectivity index (χ2v) is 8.69. The maximum absolute atomic E-state index is 12.4. The van der Waals surface area contributed by atoms with Gasteiger partial charge in [-0.1, -0.05) is 24.6 Å². The number of aryl methyl sites for hydroxylation is 2. The first-order valence-corrected chi connectivity index (χ1v) is 11.4. The minimum atomic E-state index is -0.0723. The van der Waals surface area contributed by atoms with Gasteiger partial charge in [0.15, 0.2) is 21.9 Å². The summed E-state index contributed by atoms with van der Waals surface area (Å²) in [6, 6.07) is 3.67. The Hall–Kier alpha value is -2.13. The molecule has 1 aliphatic rings. The molecule has 1 N–H and O–H groups in total. The van der Waals surface area contributed by atoms with Crippen molar-refractivity contribution < 1.29 is 9.21 Å². The van der Waals surface area contributed by atoms with Crippen LogP contribution in [0.4, 0.5) is 5.13 Å². The van der Waals surface area contributed by atoms with E-state index in [4.69, 9.17) is 4.42 Å². The lowest BCUT2D eigenvalue weighted by atomic mass is 10.0. The van der Waals surface area contributed by atoms with Crippen molar-refractivity contribution in [1.29, 1.82) is 0 Å². The average molecular weight is 418 g/mol. The molecule has 0 bridgehead atoms. The number of rotatable bonds is 6. The number of aromatic nitrogens is 4. The van der Waals surface area contributed by atoms with E-state index in [0.29, 0.717) is 28.4 Å². The van der Waals surface area contributed by atoms with Crippen LogP contribution in [0.25, 0.3) is 11.6 Å². The fraction of sp³-hybridized carbons (Fsp3) is 0.474. The number of nitrogens with zero attached hydrogens (tertiary/aromatic N) is 4. The molecule has 0 saturated heterocycles. The van der Waals surface area contributed by atoms with Gasteiger partial charge in [-0.25, -0.2) is 4.98 Å². The topological polar surface area (TPSA) is 85.8 Å². The highest BCUT2D eigenvalue weighted by Gasteiger charge is 2.18. The van der Waals surface area contributed by atoms with Gasteiger partial charge in [-0.2, -0.15) is 0 Å². The Balaban J connectivity index is 1.38. The molecule has 1 amide bonds. The molecule has 0 saturated carbocycles. The molecule has 148 valence electrons. The SMILES string of the molecule is CCn1c(SCC(=O)Nc2nc3c(s2)CCCCCC3)nnc1-c1ccco1. The molecule has 1 aliphatic carbocycles. The smallest absolute Gasteiger partial charge is 0.236 e. The summed E-state index contributed by atoms with van der Waals surface area (Å²) in [5, 5.41) is 12.8. The lowest BCUT2D eigenvalue weighted by molar-refractivity contribution is -0.113. The fourth-order valence-electron chi connectivity index (χ4n) is 3.31. The van der Waals surface area contributed by atoms with Crippen molar-refractivity contribution in [1.82, 2.24) is 19.7 Å². The number of fused-ring (bicyclic) bond motifs is 1. The first kappa shape index (κ1) is 19.2. The van der Waals surface area contributed by atoms with Crippen molar-refractivity contribution in [2.45, 2.75) is 57.1 Å². The molecule has 0 atom stereocenters. The predicted octanol–water partition coefficient (Wildman–Crippen LogP) is 4.40. The Morgan fingerprint density at radius 2 is 2.14 bits per heavy atom. The quantitative estimate of drug-likeness (QED) is 0.598. The van der Waals surface area contributed by atoms with Crippen LogP contribution in [0.5, 0.6) is 0 Å². The molecule has 0 aliphatic heterocycles. The third-order valence-electron chi connectivity index (χ3n) is 4.70. The second kappa shape index (κ2) is 8.91. The van der Waals surface area contributed by atoms with E-state index in [1.165, 1.54) is 48.0 Å². The highest BCUT2D eigenvalue weighted by Crippen LogP contribution is 2.29. The molecule has 3 heterocycles. The number of anilines is 1. The van der Waals surface area contributed by atoms with Crippen LogP contribution in [0.2, 0.25) is 0 Å². The number of hydrogen-bond donors (Lipinski definition) is 1. The normalized spacial score (nSPS) is 14.3. The Morgan fingerprint density at radius 1 is 1.29 bits per heavy atom. The second-order valence-electron chi connectivity index (χ2n) is 6.67. The number of nitrogens with one attached hydrogen (secondary N) is 1. The Kier molecular flexibility index (Phi) is 6.11. The minimum absolute atomic E-state index is 0.0723. The van der Waals surface area contributed by atoms with Crippen molar-refractivity contribution in [3.8, 4) is 11.6 Å². The van der Waals surface area contributed by atoms with E-state index in [2.05, 4.69) is 20.5 Å². The van der Waals surface area contributed by atoms with E-state index < -0.39 is 0 Å². The zero-order chi connectivity index (χ0) is 19.3. The van der Waals surface area contributed by atoms with Gasteiger partial charge in [0.2, 0.25) is 5.91 Å². The summed E-state index contributed by atoms with van der Waals surface area (Å²) in [6.07, 6.45) is 8.66. The van der Waals surface area contributed by atoms with Gasteiger partial charge in [0.05, 0.1) is 17.7 Å². The molecule has 0 aromatic carbocycles. The van der Waals surface area contributed by atoms with Crippen LogP contribution in [0.15, 0.2) is 28.0 Å². The number of carbonyl (C=O) groups is 1. The molecule has 4 rings (SSSR count). The summed E-state index contributed by atoms with van der Waals surface area (Å²) in [5.74, 6) is 1.54. The van der Waals surface area contributed by atoms with Gasteiger partial charge >= 0.3 is 0 Å². The van der Waals surface area contributed by atoms with Crippen LogP contribution < -0.4 is 5.32 Å². The molecule has 0 fully saturated rings. The fourth-order valence-corrected chi connectivity index (χ4v) is 5.18. The third-order valence-corrected chi connectivity index (χ3v) is 6.74. The van der Waals surface area contributed by atoms with Crippen LogP contribution in [0.1, 0.15) is 43.2 Å². The summed E-state index contributed by atoms with van der Waals surface area (Å²) in [7, 11) is 0. The van der Waals surface area contributed by atoms with Gasteiger partial charge in [0.1, 0.15) is 0 Å². The van der Waals surface area contributed by atoms with Crippen molar-refractivity contribution in [3.63, 3.8) is 0 Å². The largest absolute Gasteiger partial charge is 0.461 e. The zero-order valence-electron chi connectivity index (χ0n) is 15.8. The highest BCUT2D eigenvalue weighted by atomic mass is 32.2. The summed E-state index contributed by atoms with van der Waals surface area (Å²) >= 11 is 2.99. The molecule has 0 spiro atoms. The van der Waals surface area contributed by atoms with Crippen LogP contribution in [0.3, 0.4) is 0 Å². The van der Waals surface area contributed by atoms with Gasteiger partial charge in [-0.3, -0.25) is 9.36 Å². The summed E-state index contributed by atoms with van der Waals surface area (Å²) in [5.41, 5.74) is 1.17. The number of thioether (sulfide) groups is 1. The third kappa shape index (κ3) is 4.30. The monoisotopic (exact) mass is 417 g/mol. The van der Waals surface area contributed by atoms with E-state index in [1.807, 2.05) is 23.6 Å². The van der Waals surface area contributed by atoms with Gasteiger partial charge in [-0.05, 0) is 44.7 Å². The Bertz CT molecular complexity index is 907. The molecule has 3 aromatic heterocycles. The van der Waals surface area contributed by atoms with Crippen LogP contribution >= 0.6 is 23.1 Å². The van der Waals surface area contributed by atoms with E-state index >= 15 is 0 Å². The molecule has 0 radical (unpaired) electrons. The van der Waals surface area contributed by atoms with E-state index in [0.717, 1.165) is 12.8 Å². The molecule has 9 heteroatoms. The van der Waals surface area contributed by atoms with Gasteiger partial charge in [0, 0.05) is 11.4 Å². The molecular formula is C19H23N5O2S2. The van der Waals surface area contributed by atoms with Crippen molar-refractivity contribution in [2.75, 3.05) is 11.1 Å². The number of furan rings is 1. The Morgan fingerprint density at radius 3 is 2.93 bits per heavy atom. The molecular weight excluding hydrogens is 394 g/mol. The summed E-state index contributed by atoms with van der Waals surface area (Å²) < 4.78 is 7.37. The summed E-state index contributed by atoms with van der Waals surface area (Å²) in [6.45, 7) is 2.72. The lowest BCUT2D eigenvalue weighted by Gasteiger charge is -2.06. The van der Waals surface area contributed by atoms with E-state index in [9.17, 15) is 4.79 Å². The van der Waals surface area contributed by atoms with E-state index in [-0.39, 0.29) is 11.7 Å². The summed E-state index contributed by atoms with van der Waals surface area (Å²) in [4.78, 5) is 18.4. The molecule has 0 unspecified atom stereocenters. The minimum Gasteiger partial charge on any atom is -0.461 e. The van der Waals surface area contributed by atoms with Crippen molar-refractivity contribution in [2.24, 2.45) is 0 Å². The lowest BCUT2D eigenvalue weighted by Crippen LogP contribution is -2.14. The molecule has 28 heavy (non-hydrogen) atoms. The van der Waals surface area contributed by atoms with Crippen LogP contribution in [-0.4, -0.2) is 31.4 Å². The highest BCUT2D eigenvalue weighted by molar-refractivity contribution is 7.99. The maximum atomic E-state index is 12.4. The Labute approximate surface area is 172 Å². The predicted molar refractivity (Wildman–Crippen MR) is 111 cm³/mol. The zero-order valence-corrected chi connectivity index (χ0v) is 17.4. The van der Waals surface area contributed by atoms with Gasteiger partial charge < -0.3 is 9.73 Å².